The van der Waals surface area contributed by atoms with E-state index in [2.05, 4.69) is 25.1 Å². The number of ether oxygens (including phenoxy) is 2. The number of rotatable bonds is 6. The largest absolute Gasteiger partial charge is 0.465 e. The molecule has 0 aliphatic heterocycles. The fourth-order valence-electron chi connectivity index (χ4n) is 1.85. The van der Waals surface area contributed by atoms with E-state index in [1.807, 2.05) is 0 Å². The Bertz CT molecular complexity index is 739. The van der Waals surface area contributed by atoms with Crippen molar-refractivity contribution in [2.45, 2.75) is 13.1 Å². The molecule has 0 saturated heterocycles. The van der Waals surface area contributed by atoms with Gasteiger partial charge < -0.3 is 14.8 Å². The van der Waals surface area contributed by atoms with Gasteiger partial charge in [0.15, 0.2) is 5.69 Å². The third kappa shape index (κ3) is 4.38. The normalized spacial score (nSPS) is 10.1. The Labute approximate surface area is 137 Å². The molecule has 0 atom stereocenters. The van der Waals surface area contributed by atoms with E-state index in [0.29, 0.717) is 12.1 Å². The zero-order valence-electron chi connectivity index (χ0n) is 13.2. The van der Waals surface area contributed by atoms with Crippen molar-refractivity contribution in [2.75, 3.05) is 14.2 Å². The van der Waals surface area contributed by atoms with Crippen LogP contribution in [0, 0.1) is 0 Å². The number of esters is 2. The van der Waals surface area contributed by atoms with Crippen LogP contribution in [-0.2, 0) is 27.4 Å². The van der Waals surface area contributed by atoms with Crippen LogP contribution in [0.5, 0.6) is 0 Å². The van der Waals surface area contributed by atoms with Crippen LogP contribution in [0.2, 0.25) is 0 Å². The Hall–Kier alpha value is -3.23. The molecule has 0 spiro atoms. The standard InChI is InChI=1S/C15H16N4O5/c1-23-14(21)11-5-3-10(4-6-11)7-16-13(20)9-19-8-12(17-18-19)15(22)24-2/h3-6,8H,7,9H2,1-2H3,(H,16,20). The fourth-order valence-corrected chi connectivity index (χ4v) is 1.85. The van der Waals surface area contributed by atoms with Gasteiger partial charge in [0, 0.05) is 6.54 Å². The summed E-state index contributed by atoms with van der Waals surface area (Å²) in [6, 6.07) is 6.68. The van der Waals surface area contributed by atoms with Gasteiger partial charge >= 0.3 is 11.9 Å². The summed E-state index contributed by atoms with van der Waals surface area (Å²) >= 11 is 0. The van der Waals surface area contributed by atoms with E-state index in [4.69, 9.17) is 0 Å². The first-order chi connectivity index (χ1) is 11.5. The van der Waals surface area contributed by atoms with Crippen LogP contribution >= 0.6 is 0 Å². The lowest BCUT2D eigenvalue weighted by atomic mass is 10.1. The molecule has 0 aliphatic rings. The van der Waals surface area contributed by atoms with Gasteiger partial charge in [0.1, 0.15) is 6.54 Å². The van der Waals surface area contributed by atoms with Gasteiger partial charge in [-0.25, -0.2) is 14.3 Å². The number of carbonyl (C=O) groups excluding carboxylic acids is 3. The third-order valence-corrected chi connectivity index (χ3v) is 3.10. The Balaban J connectivity index is 1.85. The molecule has 0 unspecified atom stereocenters. The average Bonchev–Trinajstić information content (AvgIpc) is 3.07. The van der Waals surface area contributed by atoms with E-state index in [9.17, 15) is 14.4 Å². The van der Waals surface area contributed by atoms with Crippen molar-refractivity contribution >= 4 is 17.8 Å². The van der Waals surface area contributed by atoms with Crippen molar-refractivity contribution in [2.24, 2.45) is 0 Å². The number of carbonyl (C=O) groups is 3. The van der Waals surface area contributed by atoms with E-state index in [1.165, 1.54) is 25.1 Å². The molecule has 24 heavy (non-hydrogen) atoms. The van der Waals surface area contributed by atoms with E-state index < -0.39 is 11.9 Å². The van der Waals surface area contributed by atoms with Crippen LogP contribution in [0.4, 0.5) is 0 Å². The predicted octanol–water partition coefficient (Wildman–Crippen LogP) is 0.168. The van der Waals surface area contributed by atoms with Crippen molar-refractivity contribution in [1.82, 2.24) is 20.3 Å². The van der Waals surface area contributed by atoms with Crippen LogP contribution in [-0.4, -0.2) is 47.1 Å². The third-order valence-electron chi connectivity index (χ3n) is 3.10. The van der Waals surface area contributed by atoms with Gasteiger partial charge in [-0.15, -0.1) is 5.10 Å². The SMILES string of the molecule is COC(=O)c1ccc(CNC(=O)Cn2cc(C(=O)OC)nn2)cc1. The molecule has 0 aliphatic carbocycles. The highest BCUT2D eigenvalue weighted by atomic mass is 16.5. The van der Waals surface area contributed by atoms with Crippen molar-refractivity contribution < 1.29 is 23.9 Å². The summed E-state index contributed by atoms with van der Waals surface area (Å²) in [4.78, 5) is 34.4. The van der Waals surface area contributed by atoms with Gasteiger partial charge in [0.2, 0.25) is 5.91 Å². The fraction of sp³-hybridized carbons (Fsp3) is 0.267. The molecule has 9 nitrogen and oxygen atoms in total. The van der Waals surface area contributed by atoms with Crippen LogP contribution in [0.3, 0.4) is 0 Å². The van der Waals surface area contributed by atoms with Crippen LogP contribution in [0.25, 0.3) is 0 Å². The maximum atomic E-state index is 11.9. The molecule has 1 N–H and O–H groups in total. The highest BCUT2D eigenvalue weighted by Crippen LogP contribution is 2.05. The molecule has 1 heterocycles. The van der Waals surface area contributed by atoms with E-state index >= 15 is 0 Å². The summed E-state index contributed by atoms with van der Waals surface area (Å²) < 4.78 is 10.4. The van der Waals surface area contributed by atoms with E-state index in [0.717, 1.165) is 5.56 Å². The lowest BCUT2D eigenvalue weighted by molar-refractivity contribution is -0.122. The second-order valence-electron chi connectivity index (χ2n) is 4.76. The molecule has 1 amide bonds. The number of hydrogen-bond acceptors (Lipinski definition) is 7. The molecule has 0 radical (unpaired) electrons. The number of nitrogens with one attached hydrogen (secondary N) is 1. The van der Waals surface area contributed by atoms with Gasteiger partial charge in [-0.05, 0) is 17.7 Å². The zero-order valence-corrected chi connectivity index (χ0v) is 13.2. The molecule has 126 valence electrons. The maximum absolute atomic E-state index is 11.9. The van der Waals surface area contributed by atoms with Crippen molar-refractivity contribution in [3.63, 3.8) is 0 Å². The number of aromatic nitrogens is 3. The number of benzene rings is 1. The first kappa shape index (κ1) is 17.1. The van der Waals surface area contributed by atoms with Gasteiger partial charge in [-0.2, -0.15) is 0 Å². The monoisotopic (exact) mass is 332 g/mol. The lowest BCUT2D eigenvalue weighted by Crippen LogP contribution is -2.27. The highest BCUT2D eigenvalue weighted by molar-refractivity contribution is 5.89. The number of nitrogens with zero attached hydrogens (tertiary/aromatic N) is 3. The first-order valence-electron chi connectivity index (χ1n) is 6.96. The summed E-state index contributed by atoms with van der Waals surface area (Å²) in [6.07, 6.45) is 1.33. The minimum Gasteiger partial charge on any atom is -0.465 e. The summed E-state index contributed by atoms with van der Waals surface area (Å²) in [5.74, 6) is -1.33. The first-order valence-corrected chi connectivity index (χ1v) is 6.96. The summed E-state index contributed by atoms with van der Waals surface area (Å²) in [7, 11) is 2.55. The minimum atomic E-state index is -0.618. The molecule has 2 aromatic rings. The molecule has 0 fully saturated rings. The van der Waals surface area contributed by atoms with Gasteiger partial charge in [-0.3, -0.25) is 4.79 Å². The van der Waals surface area contributed by atoms with Gasteiger partial charge in [0.05, 0.1) is 26.0 Å². The predicted molar refractivity (Wildman–Crippen MR) is 81.0 cm³/mol. The molecule has 1 aromatic carbocycles. The average molecular weight is 332 g/mol. The Kier molecular flexibility index (Phi) is 5.61. The van der Waals surface area contributed by atoms with Gasteiger partial charge in [0.25, 0.3) is 0 Å². The second-order valence-corrected chi connectivity index (χ2v) is 4.76. The summed E-state index contributed by atoms with van der Waals surface area (Å²) in [6.45, 7) is 0.211. The Morgan fingerprint density at radius 1 is 1.08 bits per heavy atom. The smallest absolute Gasteiger partial charge is 0.360 e. The zero-order chi connectivity index (χ0) is 17.5. The Morgan fingerprint density at radius 3 is 2.38 bits per heavy atom. The quantitative estimate of drug-likeness (QED) is 0.750. The van der Waals surface area contributed by atoms with Crippen molar-refractivity contribution in [1.29, 1.82) is 0 Å². The highest BCUT2D eigenvalue weighted by Gasteiger charge is 2.12. The number of hydrogen-bond donors (Lipinski definition) is 1. The van der Waals surface area contributed by atoms with Crippen LogP contribution in [0.1, 0.15) is 26.4 Å². The molecule has 2 rings (SSSR count). The van der Waals surface area contributed by atoms with E-state index in [1.54, 1.807) is 24.3 Å². The molecular weight excluding hydrogens is 316 g/mol. The second kappa shape index (κ2) is 7.86. The maximum Gasteiger partial charge on any atom is 0.360 e. The topological polar surface area (TPSA) is 112 Å². The Morgan fingerprint density at radius 2 is 1.75 bits per heavy atom. The number of amides is 1. The summed E-state index contributed by atoms with van der Waals surface area (Å²) in [5, 5.41) is 9.98. The number of methoxy groups -OCH3 is 2. The lowest BCUT2D eigenvalue weighted by Gasteiger charge is -2.06. The minimum absolute atomic E-state index is 0.0312. The molecule has 0 saturated carbocycles. The molecule has 9 heteroatoms. The van der Waals surface area contributed by atoms with Crippen molar-refractivity contribution in [3.8, 4) is 0 Å². The summed E-state index contributed by atoms with van der Waals surface area (Å²) in [5.41, 5.74) is 1.29. The van der Waals surface area contributed by atoms with Gasteiger partial charge in [-0.1, -0.05) is 17.3 Å². The molecular formula is C15H16N4O5. The van der Waals surface area contributed by atoms with E-state index in [-0.39, 0.29) is 18.1 Å². The van der Waals surface area contributed by atoms with Crippen LogP contribution < -0.4 is 5.32 Å². The molecule has 1 aromatic heterocycles. The van der Waals surface area contributed by atoms with Crippen LogP contribution in [0.15, 0.2) is 30.5 Å². The van der Waals surface area contributed by atoms with Crippen molar-refractivity contribution in [3.05, 3.63) is 47.3 Å². The molecule has 0 bridgehead atoms.